The van der Waals surface area contributed by atoms with E-state index in [4.69, 9.17) is 0 Å². The van der Waals surface area contributed by atoms with E-state index in [0.717, 1.165) is 12.5 Å². The summed E-state index contributed by atoms with van der Waals surface area (Å²) in [7, 11) is 0. The normalized spacial score (nSPS) is 22.1. The molecule has 2 unspecified atom stereocenters. The van der Waals surface area contributed by atoms with Crippen LogP contribution in [0.25, 0.3) is 0 Å². The van der Waals surface area contributed by atoms with Gasteiger partial charge in [-0.2, -0.15) is 0 Å². The maximum Gasteiger partial charge on any atom is 0.0900 e. The van der Waals surface area contributed by atoms with Crippen molar-refractivity contribution in [2.75, 3.05) is 19.6 Å². The lowest BCUT2D eigenvalue weighted by Crippen LogP contribution is -2.32. The highest BCUT2D eigenvalue weighted by Gasteiger charge is 2.15. The minimum absolute atomic E-state index is 0.438. The molecule has 2 rings (SSSR count). The molecule has 2 atom stereocenters. The Bertz CT molecular complexity index is 369. The van der Waals surface area contributed by atoms with Crippen LogP contribution in [0.4, 0.5) is 0 Å². The summed E-state index contributed by atoms with van der Waals surface area (Å²) in [4.78, 5) is 5.90. The maximum absolute atomic E-state index is 4.50. The van der Waals surface area contributed by atoms with Crippen molar-refractivity contribution in [3.63, 3.8) is 0 Å². The Morgan fingerprint density at radius 3 is 2.94 bits per heavy atom. The van der Waals surface area contributed by atoms with Crippen molar-refractivity contribution in [2.24, 2.45) is 5.92 Å². The van der Waals surface area contributed by atoms with Gasteiger partial charge in [-0.05, 0) is 65.6 Å². The van der Waals surface area contributed by atoms with Crippen LogP contribution in [0.3, 0.4) is 0 Å². The standard InChI is InChI=1S/C14H25N3S/c1-10(14-11(2)17-12(3)18-14)16-8-6-13-5-4-7-15-9-13/h10,13,15-16H,4-9H2,1-3H3. The average Bonchev–Trinajstić information content (AvgIpc) is 2.70. The molecule has 1 fully saturated rings. The van der Waals surface area contributed by atoms with Crippen LogP contribution in [-0.2, 0) is 0 Å². The summed E-state index contributed by atoms with van der Waals surface area (Å²) < 4.78 is 0. The molecule has 1 aliphatic rings. The van der Waals surface area contributed by atoms with Crippen molar-refractivity contribution in [3.8, 4) is 0 Å². The second kappa shape index (κ2) is 6.64. The van der Waals surface area contributed by atoms with E-state index in [-0.39, 0.29) is 0 Å². The molecule has 2 N–H and O–H groups in total. The van der Waals surface area contributed by atoms with Crippen LogP contribution in [0.5, 0.6) is 0 Å². The summed E-state index contributed by atoms with van der Waals surface area (Å²) in [6.45, 7) is 9.97. The van der Waals surface area contributed by atoms with Crippen LogP contribution >= 0.6 is 11.3 Å². The molecule has 2 heterocycles. The molecule has 3 nitrogen and oxygen atoms in total. The number of hydrogen-bond donors (Lipinski definition) is 2. The molecule has 0 saturated carbocycles. The van der Waals surface area contributed by atoms with E-state index < -0.39 is 0 Å². The van der Waals surface area contributed by atoms with Crippen molar-refractivity contribution in [1.82, 2.24) is 15.6 Å². The largest absolute Gasteiger partial charge is 0.316 e. The fourth-order valence-electron chi connectivity index (χ4n) is 2.72. The number of nitrogens with zero attached hydrogens (tertiary/aromatic N) is 1. The zero-order chi connectivity index (χ0) is 13.0. The SMILES string of the molecule is Cc1nc(C)c(C(C)NCCC2CCCNC2)s1. The van der Waals surface area contributed by atoms with Gasteiger partial charge in [-0.15, -0.1) is 11.3 Å². The summed E-state index contributed by atoms with van der Waals surface area (Å²) in [5.74, 6) is 0.864. The van der Waals surface area contributed by atoms with E-state index in [0.29, 0.717) is 6.04 Å². The highest BCUT2D eigenvalue weighted by Crippen LogP contribution is 2.24. The number of piperidine rings is 1. The maximum atomic E-state index is 4.50. The van der Waals surface area contributed by atoms with E-state index in [9.17, 15) is 0 Å². The number of rotatable bonds is 5. The van der Waals surface area contributed by atoms with Gasteiger partial charge in [0, 0.05) is 10.9 Å². The molecule has 0 spiro atoms. The molecule has 1 aromatic rings. The van der Waals surface area contributed by atoms with E-state index >= 15 is 0 Å². The van der Waals surface area contributed by atoms with Gasteiger partial charge >= 0.3 is 0 Å². The second-order valence-electron chi connectivity index (χ2n) is 5.36. The smallest absolute Gasteiger partial charge is 0.0900 e. The number of aryl methyl sites for hydroxylation is 2. The van der Waals surface area contributed by atoms with Gasteiger partial charge < -0.3 is 10.6 Å². The van der Waals surface area contributed by atoms with Crippen LogP contribution in [0, 0.1) is 19.8 Å². The highest BCUT2D eigenvalue weighted by molar-refractivity contribution is 7.11. The number of thiazole rings is 1. The number of nitrogens with one attached hydrogen (secondary N) is 2. The lowest BCUT2D eigenvalue weighted by Gasteiger charge is -2.23. The molecule has 1 aromatic heterocycles. The molecule has 0 amide bonds. The molecule has 1 saturated heterocycles. The van der Waals surface area contributed by atoms with Crippen molar-refractivity contribution in [3.05, 3.63) is 15.6 Å². The molecule has 4 heteroatoms. The molecular formula is C14H25N3S. The van der Waals surface area contributed by atoms with E-state index in [2.05, 4.69) is 36.4 Å². The zero-order valence-corrected chi connectivity index (χ0v) is 12.6. The van der Waals surface area contributed by atoms with Crippen LogP contribution in [-0.4, -0.2) is 24.6 Å². The average molecular weight is 267 g/mol. The van der Waals surface area contributed by atoms with Crippen molar-refractivity contribution in [1.29, 1.82) is 0 Å². The minimum atomic E-state index is 0.438. The molecule has 0 aliphatic carbocycles. The van der Waals surface area contributed by atoms with Gasteiger partial charge in [0.25, 0.3) is 0 Å². The molecule has 0 aromatic carbocycles. The first-order valence-electron chi connectivity index (χ1n) is 7.05. The first-order chi connectivity index (χ1) is 8.66. The van der Waals surface area contributed by atoms with Crippen molar-refractivity contribution >= 4 is 11.3 Å². The Labute approximate surface area is 114 Å². The van der Waals surface area contributed by atoms with Crippen LogP contribution in [0.15, 0.2) is 0 Å². The first kappa shape index (κ1) is 14.0. The van der Waals surface area contributed by atoms with Gasteiger partial charge in [-0.3, -0.25) is 0 Å². The summed E-state index contributed by atoms with van der Waals surface area (Å²) in [5.41, 5.74) is 1.19. The van der Waals surface area contributed by atoms with E-state index in [1.54, 1.807) is 0 Å². The molecule has 0 bridgehead atoms. The molecular weight excluding hydrogens is 242 g/mol. The van der Waals surface area contributed by atoms with Gasteiger partial charge in [-0.25, -0.2) is 4.98 Å². The van der Waals surface area contributed by atoms with Gasteiger partial charge in [0.1, 0.15) is 0 Å². The topological polar surface area (TPSA) is 37.0 Å². The Morgan fingerprint density at radius 2 is 2.33 bits per heavy atom. The summed E-state index contributed by atoms with van der Waals surface area (Å²) in [5, 5.41) is 8.30. The quantitative estimate of drug-likeness (QED) is 0.861. The number of aromatic nitrogens is 1. The monoisotopic (exact) mass is 267 g/mol. The van der Waals surface area contributed by atoms with Crippen LogP contribution < -0.4 is 10.6 Å². The lowest BCUT2D eigenvalue weighted by molar-refractivity contribution is 0.347. The predicted molar refractivity (Wildman–Crippen MR) is 78.2 cm³/mol. The van der Waals surface area contributed by atoms with Crippen molar-refractivity contribution < 1.29 is 0 Å². The Morgan fingerprint density at radius 1 is 1.50 bits per heavy atom. The first-order valence-corrected chi connectivity index (χ1v) is 7.86. The van der Waals surface area contributed by atoms with Crippen LogP contribution in [0.2, 0.25) is 0 Å². The minimum Gasteiger partial charge on any atom is -0.316 e. The Balaban J connectivity index is 1.74. The number of hydrogen-bond acceptors (Lipinski definition) is 4. The fraction of sp³-hybridized carbons (Fsp3) is 0.786. The van der Waals surface area contributed by atoms with E-state index in [1.807, 2.05) is 11.3 Å². The predicted octanol–water partition coefficient (Wildman–Crippen LogP) is 2.80. The molecule has 102 valence electrons. The molecule has 0 radical (unpaired) electrons. The lowest BCUT2D eigenvalue weighted by atomic mass is 9.96. The van der Waals surface area contributed by atoms with Crippen LogP contribution in [0.1, 0.15) is 47.8 Å². The second-order valence-corrected chi connectivity index (χ2v) is 6.59. The Hall–Kier alpha value is -0.450. The Kier molecular flexibility index (Phi) is 5.15. The van der Waals surface area contributed by atoms with Gasteiger partial charge in [0.2, 0.25) is 0 Å². The summed E-state index contributed by atoms with van der Waals surface area (Å²) in [6, 6.07) is 0.438. The van der Waals surface area contributed by atoms with Crippen molar-refractivity contribution in [2.45, 2.75) is 46.1 Å². The van der Waals surface area contributed by atoms with Gasteiger partial charge in [-0.1, -0.05) is 0 Å². The third-order valence-corrected chi connectivity index (χ3v) is 4.99. The van der Waals surface area contributed by atoms with Gasteiger partial charge in [0.05, 0.1) is 10.7 Å². The van der Waals surface area contributed by atoms with Gasteiger partial charge in [0.15, 0.2) is 0 Å². The highest BCUT2D eigenvalue weighted by atomic mass is 32.1. The third kappa shape index (κ3) is 3.77. The fourth-order valence-corrected chi connectivity index (χ4v) is 3.67. The summed E-state index contributed by atoms with van der Waals surface area (Å²) >= 11 is 1.82. The molecule has 18 heavy (non-hydrogen) atoms. The third-order valence-electron chi connectivity index (χ3n) is 3.73. The van der Waals surface area contributed by atoms with E-state index in [1.165, 1.54) is 47.9 Å². The molecule has 1 aliphatic heterocycles. The summed E-state index contributed by atoms with van der Waals surface area (Å²) in [6.07, 6.45) is 4.02. The zero-order valence-electron chi connectivity index (χ0n) is 11.8.